The van der Waals surface area contributed by atoms with Crippen molar-refractivity contribution in [3.63, 3.8) is 0 Å². The Bertz CT molecular complexity index is 935. The van der Waals surface area contributed by atoms with E-state index >= 15 is 0 Å². The first-order chi connectivity index (χ1) is 11.8. The normalized spacial score (nSPS) is 11.7. The molecule has 0 saturated carbocycles. The molecule has 0 unspecified atom stereocenters. The lowest BCUT2D eigenvalue weighted by molar-refractivity contribution is -0.137. The maximum atomic E-state index is 13.0. The van der Waals surface area contributed by atoms with Crippen LogP contribution in [-0.4, -0.2) is 20.3 Å². The fraction of sp³-hybridized carbons (Fsp3) is 0.188. The van der Waals surface area contributed by atoms with Crippen LogP contribution in [0.4, 0.5) is 19.0 Å². The van der Waals surface area contributed by atoms with Crippen molar-refractivity contribution in [1.82, 2.24) is 14.4 Å². The zero-order valence-electron chi connectivity index (χ0n) is 12.9. The number of alkyl halides is 3. The van der Waals surface area contributed by atoms with Crippen LogP contribution in [-0.2, 0) is 12.6 Å². The van der Waals surface area contributed by atoms with E-state index in [0.717, 1.165) is 21.1 Å². The number of rotatable bonds is 3. The van der Waals surface area contributed by atoms with Gasteiger partial charge in [-0.1, -0.05) is 6.92 Å². The molecule has 0 aliphatic heterocycles. The van der Waals surface area contributed by atoms with E-state index in [1.165, 1.54) is 12.3 Å². The molecule has 3 aromatic heterocycles. The van der Waals surface area contributed by atoms with Crippen LogP contribution in [0.2, 0.25) is 0 Å². The number of imidazole rings is 1. The number of hydrogen-bond acceptors (Lipinski definition) is 3. The molecule has 0 aromatic carbocycles. The van der Waals surface area contributed by atoms with Crippen LogP contribution < -0.4 is 5.32 Å². The monoisotopic (exact) mass is 412 g/mol. The molecule has 0 fully saturated rings. The number of aryl methyl sites for hydroxylation is 1. The molecule has 1 N–H and O–H groups in total. The molecule has 3 heterocycles. The summed E-state index contributed by atoms with van der Waals surface area (Å²) >= 11 is 3.24. The summed E-state index contributed by atoms with van der Waals surface area (Å²) in [6.07, 6.45) is -1.72. The van der Waals surface area contributed by atoms with Crippen LogP contribution in [0.15, 0.2) is 41.1 Å². The molecule has 0 atom stereocenters. The number of nitrogens with one attached hydrogen (secondary N) is 1. The average molecular weight is 413 g/mol. The highest BCUT2D eigenvalue weighted by Gasteiger charge is 2.31. The van der Waals surface area contributed by atoms with Crippen molar-refractivity contribution in [2.24, 2.45) is 0 Å². The third-order valence-corrected chi connectivity index (χ3v) is 4.01. The molecule has 0 bridgehead atoms. The number of halogens is 4. The molecule has 5 nitrogen and oxygen atoms in total. The Hall–Kier alpha value is -2.42. The van der Waals surface area contributed by atoms with Crippen molar-refractivity contribution >= 4 is 33.3 Å². The number of amides is 1. The van der Waals surface area contributed by atoms with Gasteiger partial charge in [0.15, 0.2) is 0 Å². The molecule has 0 aliphatic carbocycles. The Morgan fingerprint density at radius 1 is 1.28 bits per heavy atom. The molecular weight excluding hydrogens is 401 g/mol. The number of carbonyl (C=O) groups is 1. The third kappa shape index (κ3) is 3.51. The van der Waals surface area contributed by atoms with E-state index in [2.05, 4.69) is 31.2 Å². The average Bonchev–Trinajstić information content (AvgIpc) is 2.94. The van der Waals surface area contributed by atoms with Gasteiger partial charge in [0.25, 0.3) is 5.91 Å². The van der Waals surface area contributed by atoms with Crippen LogP contribution in [0.1, 0.15) is 28.7 Å². The van der Waals surface area contributed by atoms with Gasteiger partial charge in [0.1, 0.15) is 17.2 Å². The number of pyridine rings is 2. The minimum absolute atomic E-state index is 0.0633. The molecule has 0 radical (unpaired) electrons. The van der Waals surface area contributed by atoms with E-state index < -0.39 is 17.6 Å². The molecular formula is C16H12BrF3N4O. The van der Waals surface area contributed by atoms with Crippen LogP contribution in [0.3, 0.4) is 0 Å². The maximum Gasteiger partial charge on any atom is 0.417 e. The van der Waals surface area contributed by atoms with Gasteiger partial charge in [-0.3, -0.25) is 9.20 Å². The molecule has 9 heteroatoms. The van der Waals surface area contributed by atoms with E-state index in [4.69, 9.17) is 0 Å². The summed E-state index contributed by atoms with van der Waals surface area (Å²) in [6.45, 7) is 1.78. The summed E-state index contributed by atoms with van der Waals surface area (Å²) in [6, 6.07) is 5.47. The van der Waals surface area contributed by atoms with Gasteiger partial charge in [-0.15, -0.1) is 0 Å². The number of hydrogen-bond donors (Lipinski definition) is 1. The van der Waals surface area contributed by atoms with Crippen LogP contribution >= 0.6 is 15.9 Å². The highest BCUT2D eigenvalue weighted by molar-refractivity contribution is 9.10. The molecule has 25 heavy (non-hydrogen) atoms. The van der Waals surface area contributed by atoms with E-state index in [9.17, 15) is 18.0 Å². The van der Waals surface area contributed by atoms with Crippen molar-refractivity contribution in [2.75, 3.05) is 5.32 Å². The Morgan fingerprint density at radius 2 is 2.04 bits per heavy atom. The molecule has 0 saturated heterocycles. The fourth-order valence-corrected chi connectivity index (χ4v) is 2.61. The lowest BCUT2D eigenvalue weighted by Gasteiger charge is -2.09. The van der Waals surface area contributed by atoms with Gasteiger partial charge in [0.05, 0.1) is 11.3 Å². The van der Waals surface area contributed by atoms with E-state index in [1.807, 2.05) is 0 Å². The third-order valence-electron chi connectivity index (χ3n) is 3.54. The van der Waals surface area contributed by atoms with Crippen LogP contribution in [0.5, 0.6) is 0 Å². The molecule has 3 rings (SSSR count). The summed E-state index contributed by atoms with van der Waals surface area (Å²) in [4.78, 5) is 20.9. The van der Waals surface area contributed by atoms with Gasteiger partial charge in [-0.2, -0.15) is 13.2 Å². The molecule has 0 spiro atoms. The van der Waals surface area contributed by atoms with E-state index in [-0.39, 0.29) is 17.2 Å². The predicted molar refractivity (Wildman–Crippen MR) is 89.5 cm³/mol. The van der Waals surface area contributed by atoms with Crippen LogP contribution in [0.25, 0.3) is 5.65 Å². The standard InChI is InChI=1S/C16H12BrF3N4O/c1-2-11-14(15(25)23-12-5-4-10(17)7-21-12)24-8-9(16(18,19)20)3-6-13(24)22-11/h3-8H,2H2,1H3,(H,21,23,25). The second-order valence-electron chi connectivity index (χ2n) is 5.22. The summed E-state index contributed by atoms with van der Waals surface area (Å²) in [5, 5.41) is 2.58. The Labute approximate surface area is 149 Å². The lowest BCUT2D eigenvalue weighted by atomic mass is 10.2. The smallest absolute Gasteiger partial charge is 0.305 e. The quantitative estimate of drug-likeness (QED) is 0.696. The van der Waals surface area contributed by atoms with E-state index in [1.54, 1.807) is 19.1 Å². The van der Waals surface area contributed by atoms with Gasteiger partial charge in [-0.05, 0) is 46.6 Å². The molecule has 1 amide bonds. The number of fused-ring (bicyclic) bond motifs is 1. The van der Waals surface area contributed by atoms with Gasteiger partial charge >= 0.3 is 6.18 Å². The minimum Gasteiger partial charge on any atom is -0.305 e. The Kier molecular flexibility index (Phi) is 4.51. The summed E-state index contributed by atoms with van der Waals surface area (Å²) < 4.78 is 40.8. The summed E-state index contributed by atoms with van der Waals surface area (Å²) in [7, 11) is 0. The van der Waals surface area contributed by atoms with E-state index in [0.29, 0.717) is 12.1 Å². The SMILES string of the molecule is CCc1nc2ccc(C(F)(F)F)cn2c1C(=O)Nc1ccc(Br)cn1. The predicted octanol–water partition coefficient (Wildman–Crippen LogP) is 4.33. The van der Waals surface area contributed by atoms with Gasteiger partial charge in [-0.25, -0.2) is 9.97 Å². The number of nitrogens with zero attached hydrogens (tertiary/aromatic N) is 3. The zero-order chi connectivity index (χ0) is 18.2. The highest BCUT2D eigenvalue weighted by atomic mass is 79.9. The van der Waals surface area contributed by atoms with Gasteiger partial charge < -0.3 is 5.32 Å². The van der Waals surface area contributed by atoms with Gasteiger partial charge in [0, 0.05) is 16.9 Å². The van der Waals surface area contributed by atoms with Gasteiger partial charge in [0.2, 0.25) is 0 Å². The Morgan fingerprint density at radius 3 is 2.64 bits per heavy atom. The highest BCUT2D eigenvalue weighted by Crippen LogP contribution is 2.30. The molecule has 0 aliphatic rings. The number of carbonyl (C=O) groups excluding carboxylic acids is 1. The van der Waals surface area contributed by atoms with Crippen molar-refractivity contribution in [1.29, 1.82) is 0 Å². The van der Waals surface area contributed by atoms with Crippen LogP contribution in [0, 0.1) is 0 Å². The minimum atomic E-state index is -4.51. The van der Waals surface area contributed by atoms with Crippen molar-refractivity contribution in [2.45, 2.75) is 19.5 Å². The van der Waals surface area contributed by atoms with Crippen molar-refractivity contribution in [3.05, 3.63) is 58.1 Å². The first-order valence-electron chi connectivity index (χ1n) is 7.30. The number of anilines is 1. The second kappa shape index (κ2) is 6.47. The largest absolute Gasteiger partial charge is 0.417 e. The van der Waals surface area contributed by atoms with Crippen molar-refractivity contribution in [3.8, 4) is 0 Å². The molecule has 3 aromatic rings. The maximum absolute atomic E-state index is 13.0. The second-order valence-corrected chi connectivity index (χ2v) is 6.14. The summed E-state index contributed by atoms with van der Waals surface area (Å²) in [5.74, 6) is -0.282. The van der Waals surface area contributed by atoms with Crippen molar-refractivity contribution < 1.29 is 18.0 Å². The summed E-state index contributed by atoms with van der Waals surface area (Å²) in [5.41, 5.74) is -0.100. The first kappa shape index (κ1) is 17.4. The Balaban J connectivity index is 2.06. The molecule has 130 valence electrons. The topological polar surface area (TPSA) is 59.3 Å². The lowest BCUT2D eigenvalue weighted by Crippen LogP contribution is -2.17. The number of aromatic nitrogens is 3. The first-order valence-corrected chi connectivity index (χ1v) is 8.10. The zero-order valence-corrected chi connectivity index (χ0v) is 14.5. The fourth-order valence-electron chi connectivity index (χ4n) is 2.37.